The monoisotopic (exact) mass is 315 g/mol. The lowest BCUT2D eigenvalue weighted by Crippen LogP contribution is -2.42. The molecule has 4 nitrogen and oxygen atoms in total. The minimum absolute atomic E-state index is 0.284. The number of likely N-dealkylation sites (tertiary alicyclic amines) is 1. The highest BCUT2D eigenvalue weighted by atomic mass is 16.5. The van der Waals surface area contributed by atoms with Crippen LogP contribution in [0.25, 0.3) is 0 Å². The van der Waals surface area contributed by atoms with Crippen LogP contribution in [0.2, 0.25) is 0 Å². The van der Waals surface area contributed by atoms with Crippen LogP contribution >= 0.6 is 0 Å². The Balaban J connectivity index is 1.70. The Labute approximate surface area is 139 Å². The molecule has 2 aliphatic heterocycles. The largest absolute Gasteiger partial charge is 0.493 e. The highest BCUT2D eigenvalue weighted by Gasteiger charge is 2.36. The third-order valence-electron chi connectivity index (χ3n) is 4.66. The van der Waals surface area contributed by atoms with Crippen molar-refractivity contribution < 1.29 is 4.74 Å². The van der Waals surface area contributed by atoms with E-state index in [0.29, 0.717) is 11.8 Å². The molecule has 2 unspecified atom stereocenters. The molecular formula is C19H29N3O. The van der Waals surface area contributed by atoms with Crippen LogP contribution in [-0.4, -0.2) is 36.9 Å². The van der Waals surface area contributed by atoms with Crippen LogP contribution in [0.3, 0.4) is 0 Å². The van der Waals surface area contributed by atoms with E-state index in [1.807, 2.05) is 6.07 Å². The van der Waals surface area contributed by atoms with Gasteiger partial charge in [-0.15, -0.1) is 0 Å². The molecule has 0 bridgehead atoms. The molecule has 1 fully saturated rings. The van der Waals surface area contributed by atoms with Crippen molar-refractivity contribution in [3.05, 3.63) is 29.8 Å². The van der Waals surface area contributed by atoms with Crippen molar-refractivity contribution in [2.75, 3.05) is 26.2 Å². The average Bonchev–Trinajstić information content (AvgIpc) is 2.97. The number of hydrogen-bond donors (Lipinski definition) is 1. The summed E-state index contributed by atoms with van der Waals surface area (Å²) in [6, 6.07) is 8.80. The number of nitrogens with one attached hydrogen (secondary N) is 1. The summed E-state index contributed by atoms with van der Waals surface area (Å²) < 4.78 is 5.89. The number of benzene rings is 1. The summed E-state index contributed by atoms with van der Waals surface area (Å²) in [5.41, 5.74) is 6.00. The van der Waals surface area contributed by atoms with E-state index < -0.39 is 0 Å². The number of nitrogens with zero attached hydrogens (tertiary/aromatic N) is 2. The van der Waals surface area contributed by atoms with Gasteiger partial charge in [-0.1, -0.05) is 32.9 Å². The highest BCUT2D eigenvalue weighted by molar-refractivity contribution is 5.89. The predicted molar refractivity (Wildman–Crippen MR) is 94.9 cm³/mol. The molecule has 2 aliphatic rings. The van der Waals surface area contributed by atoms with Crippen LogP contribution in [0.5, 0.6) is 5.75 Å². The summed E-state index contributed by atoms with van der Waals surface area (Å²) in [4.78, 5) is 2.57. The van der Waals surface area contributed by atoms with Crippen molar-refractivity contribution in [2.45, 2.75) is 39.7 Å². The van der Waals surface area contributed by atoms with Crippen LogP contribution in [0.1, 0.15) is 45.2 Å². The first-order chi connectivity index (χ1) is 11.2. The minimum atomic E-state index is 0.284. The van der Waals surface area contributed by atoms with Crippen LogP contribution in [0.15, 0.2) is 29.4 Å². The number of hydrogen-bond acceptors (Lipinski definition) is 4. The quantitative estimate of drug-likeness (QED) is 0.873. The van der Waals surface area contributed by atoms with Crippen LogP contribution in [0.4, 0.5) is 0 Å². The zero-order chi connectivity index (χ0) is 16.2. The first-order valence-corrected chi connectivity index (χ1v) is 8.94. The standard InChI is InChI=1S/C19H29N3O/c1-4-9-22-10-8-18-17(12-22)19(21-20-18)15-6-5-7-16(11-15)23-13-14(2)3/h5-7,11,14,17,19,21H,4,8-10,12-13H2,1-3H3. The first-order valence-electron chi connectivity index (χ1n) is 8.94. The molecule has 4 heteroatoms. The molecule has 0 amide bonds. The van der Waals surface area contributed by atoms with Crippen molar-refractivity contribution in [3.8, 4) is 5.75 Å². The average molecular weight is 315 g/mol. The molecule has 2 heterocycles. The second kappa shape index (κ2) is 7.35. The van der Waals surface area contributed by atoms with E-state index in [9.17, 15) is 0 Å². The van der Waals surface area contributed by atoms with Crippen LogP contribution in [-0.2, 0) is 0 Å². The lowest BCUT2D eigenvalue weighted by Gasteiger charge is -2.33. The number of piperidine rings is 1. The van der Waals surface area contributed by atoms with Gasteiger partial charge in [0.05, 0.1) is 12.6 Å². The maximum Gasteiger partial charge on any atom is 0.119 e. The second-order valence-corrected chi connectivity index (χ2v) is 7.14. The van der Waals surface area contributed by atoms with Crippen LogP contribution in [0, 0.1) is 11.8 Å². The maximum atomic E-state index is 5.89. The predicted octanol–water partition coefficient (Wildman–Crippen LogP) is 3.45. The van der Waals surface area contributed by atoms with E-state index in [1.165, 1.54) is 24.2 Å². The second-order valence-electron chi connectivity index (χ2n) is 7.14. The molecule has 1 aromatic rings. The number of ether oxygens (including phenoxy) is 1. The van der Waals surface area contributed by atoms with Crippen molar-refractivity contribution >= 4 is 5.71 Å². The van der Waals surface area contributed by atoms with E-state index >= 15 is 0 Å². The summed E-state index contributed by atoms with van der Waals surface area (Å²) >= 11 is 0. The number of rotatable bonds is 6. The van der Waals surface area contributed by atoms with Gasteiger partial charge in [0.1, 0.15) is 5.75 Å². The van der Waals surface area contributed by atoms with Crippen LogP contribution < -0.4 is 10.2 Å². The van der Waals surface area contributed by atoms with E-state index in [-0.39, 0.29) is 6.04 Å². The molecule has 1 saturated heterocycles. The van der Waals surface area contributed by atoms with E-state index in [0.717, 1.165) is 31.9 Å². The zero-order valence-electron chi connectivity index (χ0n) is 14.6. The molecule has 0 aromatic heterocycles. The van der Waals surface area contributed by atoms with Gasteiger partial charge in [0.2, 0.25) is 0 Å². The van der Waals surface area contributed by atoms with Gasteiger partial charge in [-0.05, 0) is 36.6 Å². The van der Waals surface area contributed by atoms with Gasteiger partial charge in [-0.25, -0.2) is 0 Å². The maximum absolute atomic E-state index is 5.89. The molecule has 0 saturated carbocycles. The summed E-state index contributed by atoms with van der Waals surface area (Å²) in [6.07, 6.45) is 2.31. The summed E-state index contributed by atoms with van der Waals surface area (Å²) in [5.74, 6) is 2.00. The fourth-order valence-corrected chi connectivity index (χ4v) is 3.50. The van der Waals surface area contributed by atoms with Crippen molar-refractivity contribution in [3.63, 3.8) is 0 Å². The Morgan fingerprint density at radius 1 is 1.39 bits per heavy atom. The zero-order valence-corrected chi connectivity index (χ0v) is 14.6. The molecule has 23 heavy (non-hydrogen) atoms. The number of fused-ring (bicyclic) bond motifs is 1. The van der Waals surface area contributed by atoms with Gasteiger partial charge in [0.25, 0.3) is 0 Å². The lowest BCUT2D eigenvalue weighted by atomic mass is 9.86. The lowest BCUT2D eigenvalue weighted by molar-refractivity contribution is 0.228. The first kappa shape index (κ1) is 16.3. The summed E-state index contributed by atoms with van der Waals surface area (Å²) in [6.45, 7) is 10.8. The molecule has 3 rings (SSSR count). The molecule has 126 valence electrons. The Morgan fingerprint density at radius 2 is 2.26 bits per heavy atom. The Morgan fingerprint density at radius 3 is 3.04 bits per heavy atom. The molecule has 2 atom stereocenters. The highest BCUT2D eigenvalue weighted by Crippen LogP contribution is 2.33. The molecule has 1 N–H and O–H groups in total. The number of hydrazone groups is 1. The van der Waals surface area contributed by atoms with E-state index in [2.05, 4.69) is 54.4 Å². The van der Waals surface area contributed by atoms with Gasteiger partial charge < -0.3 is 15.1 Å². The fourth-order valence-electron chi connectivity index (χ4n) is 3.50. The third-order valence-corrected chi connectivity index (χ3v) is 4.66. The topological polar surface area (TPSA) is 36.9 Å². The molecule has 1 aromatic carbocycles. The van der Waals surface area contributed by atoms with Crippen molar-refractivity contribution in [1.82, 2.24) is 10.3 Å². The van der Waals surface area contributed by atoms with Gasteiger partial charge in [-0.2, -0.15) is 5.10 Å². The van der Waals surface area contributed by atoms with E-state index in [1.54, 1.807) is 0 Å². The van der Waals surface area contributed by atoms with Gasteiger partial charge >= 0.3 is 0 Å². The molecule has 0 aliphatic carbocycles. The molecule has 0 spiro atoms. The van der Waals surface area contributed by atoms with Gasteiger partial charge in [0.15, 0.2) is 0 Å². The van der Waals surface area contributed by atoms with Crippen molar-refractivity contribution in [2.24, 2.45) is 16.9 Å². The van der Waals surface area contributed by atoms with E-state index in [4.69, 9.17) is 4.74 Å². The minimum Gasteiger partial charge on any atom is -0.493 e. The molecular weight excluding hydrogens is 286 g/mol. The Hall–Kier alpha value is -1.55. The molecule has 0 radical (unpaired) electrons. The Kier molecular flexibility index (Phi) is 5.21. The fraction of sp³-hybridized carbons (Fsp3) is 0.632. The Bertz CT molecular complexity index is 555. The third kappa shape index (κ3) is 3.86. The van der Waals surface area contributed by atoms with Gasteiger partial charge in [-0.3, -0.25) is 0 Å². The normalized spacial score (nSPS) is 24.3. The summed E-state index contributed by atoms with van der Waals surface area (Å²) in [7, 11) is 0. The van der Waals surface area contributed by atoms with Gasteiger partial charge in [0, 0.05) is 31.1 Å². The van der Waals surface area contributed by atoms with Crippen molar-refractivity contribution in [1.29, 1.82) is 0 Å². The SMILES string of the molecule is CCCN1CCC2=NNC(c3cccc(OCC(C)C)c3)C2C1. The summed E-state index contributed by atoms with van der Waals surface area (Å²) in [5, 5.41) is 4.61. The smallest absolute Gasteiger partial charge is 0.119 e.